The van der Waals surface area contributed by atoms with E-state index in [0.29, 0.717) is 11.3 Å². The fourth-order valence-electron chi connectivity index (χ4n) is 2.72. The number of halogens is 2. The molecule has 0 saturated heterocycles. The number of benzene rings is 1. The lowest BCUT2D eigenvalue weighted by atomic mass is 10.2. The molecule has 0 heterocycles. The maximum Gasteiger partial charge on any atom is 0.270 e. The lowest BCUT2D eigenvalue weighted by molar-refractivity contribution is 0.410. The summed E-state index contributed by atoms with van der Waals surface area (Å²) >= 11 is 0. The molecule has 0 N–H and O–H groups in total. The Morgan fingerprint density at radius 1 is 1.05 bits per heavy atom. The molecule has 19 heavy (non-hydrogen) atoms. The van der Waals surface area contributed by atoms with Crippen molar-refractivity contribution in [3.8, 4) is 5.75 Å². The van der Waals surface area contributed by atoms with E-state index in [1.54, 1.807) is 18.2 Å². The largest absolute Gasteiger partial charge is 0.496 e. The Balaban J connectivity index is 3.50. The molecule has 0 radical (unpaired) electrons. The van der Waals surface area contributed by atoms with Crippen molar-refractivity contribution >= 4 is 13.3 Å². The van der Waals surface area contributed by atoms with Gasteiger partial charge in [-0.2, -0.15) is 8.78 Å². The van der Waals surface area contributed by atoms with Crippen LogP contribution in [0.25, 0.3) is 5.20 Å². The van der Waals surface area contributed by atoms with Crippen molar-refractivity contribution in [1.82, 2.24) is 0 Å². The van der Waals surface area contributed by atoms with Gasteiger partial charge in [0.1, 0.15) is 5.75 Å². The summed E-state index contributed by atoms with van der Waals surface area (Å²) in [6.07, 6.45) is -1.54. The van der Waals surface area contributed by atoms with E-state index in [0.717, 1.165) is 18.1 Å². The van der Waals surface area contributed by atoms with Crippen molar-refractivity contribution in [3.05, 3.63) is 35.9 Å². The van der Waals surface area contributed by atoms with Crippen LogP contribution < -0.4 is 4.74 Å². The Bertz CT molecular complexity index is 441. The molecular weight excluding hydrogens is 262 g/mol. The van der Waals surface area contributed by atoms with Gasteiger partial charge in [-0.05, 0) is 6.07 Å². The van der Waals surface area contributed by atoms with Crippen molar-refractivity contribution in [2.75, 3.05) is 7.11 Å². The lowest BCUT2D eigenvalue weighted by Crippen LogP contribution is -2.34. The SMILES string of the molecule is CC[Si](CC)(CC)C(=C(F)F)c1ccccc1OC. The molecule has 0 spiro atoms. The van der Waals surface area contributed by atoms with Gasteiger partial charge in [0.05, 0.1) is 15.2 Å². The van der Waals surface area contributed by atoms with Crippen LogP contribution >= 0.6 is 0 Å². The van der Waals surface area contributed by atoms with Gasteiger partial charge in [0, 0.05) is 10.8 Å². The molecule has 1 rings (SSSR count). The monoisotopic (exact) mass is 284 g/mol. The second kappa shape index (κ2) is 6.85. The Morgan fingerprint density at radius 3 is 2.00 bits per heavy atom. The summed E-state index contributed by atoms with van der Waals surface area (Å²) in [4.78, 5) is 0. The molecule has 0 aliphatic rings. The molecule has 0 aliphatic heterocycles. The van der Waals surface area contributed by atoms with E-state index in [-0.39, 0.29) is 5.20 Å². The third-order valence-corrected chi connectivity index (χ3v) is 9.71. The van der Waals surface area contributed by atoms with Crippen molar-refractivity contribution in [2.24, 2.45) is 0 Å². The molecule has 0 atom stereocenters. The van der Waals surface area contributed by atoms with Crippen LogP contribution in [0.15, 0.2) is 30.3 Å². The van der Waals surface area contributed by atoms with Crippen LogP contribution in [-0.4, -0.2) is 15.2 Å². The highest BCUT2D eigenvalue weighted by atomic mass is 28.3. The first-order chi connectivity index (χ1) is 9.06. The molecule has 0 unspecified atom stereocenters. The smallest absolute Gasteiger partial charge is 0.270 e. The fourth-order valence-corrected chi connectivity index (χ4v) is 6.46. The maximum atomic E-state index is 13.6. The van der Waals surface area contributed by atoms with E-state index in [4.69, 9.17) is 4.74 Å². The normalized spacial score (nSPS) is 11.3. The first kappa shape index (κ1) is 15.9. The molecule has 0 aliphatic carbocycles. The molecule has 0 aromatic heterocycles. The van der Waals surface area contributed by atoms with Crippen molar-refractivity contribution in [2.45, 2.75) is 38.9 Å². The molecular formula is C15H22F2OSi. The highest BCUT2D eigenvalue weighted by Crippen LogP contribution is 2.41. The second-order valence-corrected chi connectivity index (χ2v) is 9.86. The molecule has 0 fully saturated rings. The Labute approximate surface area is 115 Å². The van der Waals surface area contributed by atoms with Crippen LogP contribution in [0.2, 0.25) is 18.1 Å². The van der Waals surface area contributed by atoms with Gasteiger partial charge in [-0.1, -0.05) is 57.1 Å². The minimum atomic E-state index is -2.15. The Kier molecular flexibility index (Phi) is 5.73. The van der Waals surface area contributed by atoms with Crippen LogP contribution in [0.4, 0.5) is 8.78 Å². The average Bonchev–Trinajstić information content (AvgIpc) is 2.44. The third-order valence-electron chi connectivity index (χ3n) is 4.13. The van der Waals surface area contributed by atoms with E-state index >= 15 is 0 Å². The quantitative estimate of drug-likeness (QED) is 0.640. The molecule has 1 aromatic carbocycles. The maximum absolute atomic E-state index is 13.6. The number of rotatable bonds is 6. The van der Waals surface area contributed by atoms with E-state index in [9.17, 15) is 8.78 Å². The van der Waals surface area contributed by atoms with Crippen LogP contribution in [0.1, 0.15) is 26.3 Å². The van der Waals surface area contributed by atoms with Crippen LogP contribution in [0.3, 0.4) is 0 Å². The van der Waals surface area contributed by atoms with Gasteiger partial charge < -0.3 is 4.74 Å². The van der Waals surface area contributed by atoms with Gasteiger partial charge in [-0.15, -0.1) is 0 Å². The summed E-state index contributed by atoms with van der Waals surface area (Å²) in [6, 6.07) is 9.57. The minimum absolute atomic E-state index is 0.275. The zero-order chi connectivity index (χ0) is 14.5. The molecule has 0 amide bonds. The summed E-state index contributed by atoms with van der Waals surface area (Å²) in [7, 11) is -0.621. The second-order valence-electron chi connectivity index (χ2n) is 4.68. The number of methoxy groups -OCH3 is 1. The molecule has 1 nitrogen and oxygen atoms in total. The van der Waals surface area contributed by atoms with Gasteiger partial charge in [0.25, 0.3) is 6.08 Å². The topological polar surface area (TPSA) is 9.23 Å². The van der Waals surface area contributed by atoms with Gasteiger partial charge >= 0.3 is 0 Å². The summed E-state index contributed by atoms with van der Waals surface area (Å²) in [5.41, 5.74) is 0.571. The summed E-state index contributed by atoms with van der Waals surface area (Å²) in [5, 5.41) is 0.275. The molecule has 106 valence electrons. The molecule has 0 bridgehead atoms. The highest BCUT2D eigenvalue weighted by Gasteiger charge is 2.37. The zero-order valence-electron chi connectivity index (χ0n) is 12.1. The first-order valence-corrected chi connectivity index (χ1v) is 9.37. The molecule has 4 heteroatoms. The third kappa shape index (κ3) is 3.05. The van der Waals surface area contributed by atoms with Crippen LogP contribution in [0.5, 0.6) is 5.75 Å². The minimum Gasteiger partial charge on any atom is -0.496 e. The standard InChI is InChI=1S/C15H22F2OSi/c1-5-19(6-2,7-3)14(15(16)17)12-10-8-9-11-13(12)18-4/h8-11H,5-7H2,1-4H3. The Hall–Kier alpha value is -1.16. The predicted molar refractivity (Wildman–Crippen MR) is 79.3 cm³/mol. The number of hydrogen-bond donors (Lipinski definition) is 0. The summed E-state index contributed by atoms with van der Waals surface area (Å²) < 4.78 is 32.5. The van der Waals surface area contributed by atoms with Gasteiger partial charge in [0.2, 0.25) is 0 Å². The molecule has 0 saturated carbocycles. The van der Waals surface area contributed by atoms with Gasteiger partial charge in [-0.25, -0.2) is 0 Å². The van der Waals surface area contributed by atoms with E-state index < -0.39 is 14.2 Å². The zero-order valence-corrected chi connectivity index (χ0v) is 13.1. The molecule has 1 aromatic rings. The number of para-hydroxylation sites is 1. The van der Waals surface area contributed by atoms with Gasteiger partial charge in [0.15, 0.2) is 0 Å². The lowest BCUT2D eigenvalue weighted by Gasteiger charge is -2.31. The van der Waals surface area contributed by atoms with Crippen LogP contribution in [-0.2, 0) is 0 Å². The highest BCUT2D eigenvalue weighted by molar-refractivity contribution is 6.96. The van der Waals surface area contributed by atoms with Crippen molar-refractivity contribution < 1.29 is 13.5 Å². The van der Waals surface area contributed by atoms with E-state index in [1.807, 2.05) is 26.8 Å². The van der Waals surface area contributed by atoms with E-state index in [2.05, 4.69) is 0 Å². The average molecular weight is 284 g/mol. The first-order valence-electron chi connectivity index (χ1n) is 6.75. The van der Waals surface area contributed by atoms with Crippen LogP contribution in [0, 0.1) is 0 Å². The number of ether oxygens (including phenoxy) is 1. The predicted octanol–water partition coefficient (Wildman–Crippen LogP) is 5.35. The summed E-state index contributed by atoms with van der Waals surface area (Å²) in [6.45, 7) is 6.08. The number of hydrogen-bond acceptors (Lipinski definition) is 1. The van der Waals surface area contributed by atoms with Gasteiger partial charge in [-0.3, -0.25) is 0 Å². The van der Waals surface area contributed by atoms with Crippen molar-refractivity contribution in [1.29, 1.82) is 0 Å². The fraction of sp³-hybridized carbons (Fsp3) is 0.467. The van der Waals surface area contributed by atoms with Crippen molar-refractivity contribution in [3.63, 3.8) is 0 Å². The van der Waals surface area contributed by atoms with E-state index in [1.165, 1.54) is 7.11 Å². The Morgan fingerprint density at radius 2 is 1.58 bits per heavy atom. The summed E-state index contributed by atoms with van der Waals surface area (Å²) in [5.74, 6) is 0.539.